The van der Waals surface area contributed by atoms with Crippen molar-refractivity contribution < 1.29 is 46.6 Å². The van der Waals surface area contributed by atoms with Crippen LogP contribution in [-0.4, -0.2) is 83.9 Å². The SMILES string of the molecule is COC(=O)NC(CCC=CC(=O)N(C)C)C(=O)Nc1cccn(Cc2cc3cc(F)cc(OCC(F)F)c3n2C(=O)OC(C)(C)C)c1=O. The highest BCUT2D eigenvalue weighted by Gasteiger charge is 2.26. The molecule has 1 atom stereocenters. The second-order valence-corrected chi connectivity index (χ2v) is 11.7. The maximum atomic E-state index is 14.5. The van der Waals surface area contributed by atoms with Crippen molar-refractivity contribution in [1.82, 2.24) is 19.4 Å². The lowest BCUT2D eigenvalue weighted by atomic mass is 10.1. The molecule has 0 bridgehead atoms. The first kappa shape index (κ1) is 37.2. The number of carbonyl (C=O) groups excluding carboxylic acids is 4. The Morgan fingerprint density at radius 1 is 1.10 bits per heavy atom. The second kappa shape index (κ2) is 16.0. The molecule has 0 aliphatic heterocycles. The molecule has 3 amide bonds. The zero-order chi connectivity index (χ0) is 35.8. The number of likely N-dealkylation sites (N-methyl/N-ethyl adjacent to an activating group) is 1. The maximum absolute atomic E-state index is 14.5. The highest BCUT2D eigenvalue weighted by molar-refractivity contribution is 5.97. The number of alkyl halides is 2. The number of nitrogens with zero attached hydrogens (tertiary/aromatic N) is 3. The van der Waals surface area contributed by atoms with E-state index in [0.717, 1.165) is 28.4 Å². The number of carbonyl (C=O) groups is 4. The largest absolute Gasteiger partial charge is 0.485 e. The van der Waals surface area contributed by atoms with Crippen molar-refractivity contribution >= 4 is 40.6 Å². The van der Waals surface area contributed by atoms with Crippen molar-refractivity contribution in [3.63, 3.8) is 0 Å². The Kier molecular flexibility index (Phi) is 12.4. The topological polar surface area (TPSA) is 150 Å². The van der Waals surface area contributed by atoms with Crippen molar-refractivity contribution in [2.24, 2.45) is 0 Å². The van der Waals surface area contributed by atoms with Gasteiger partial charge in [-0.2, -0.15) is 0 Å². The standard InChI is InChI=1S/C32H38F3N5O8/c1-32(2,3)48-31(45)40-21(15-19-14-20(33)16-24(27(19)40)47-18-25(34)35)17-39-13-9-11-23(29(39)43)36-28(42)22(37-30(44)46-6)10-7-8-12-26(41)38(4)5/h8-9,11-16,22,25H,7,10,17-18H2,1-6H3,(H,36,42)(H,37,44). The van der Waals surface area contributed by atoms with Crippen molar-refractivity contribution in [3.05, 3.63) is 70.5 Å². The van der Waals surface area contributed by atoms with Crippen LogP contribution in [0, 0.1) is 5.82 Å². The molecule has 260 valence electrons. The fraction of sp³-hybridized carbons (Fsp3) is 0.406. The molecule has 0 saturated heterocycles. The molecule has 0 fully saturated rings. The van der Waals surface area contributed by atoms with Crippen LogP contribution in [0.25, 0.3) is 10.9 Å². The van der Waals surface area contributed by atoms with Gasteiger partial charge in [-0.1, -0.05) is 6.08 Å². The van der Waals surface area contributed by atoms with E-state index >= 15 is 0 Å². The van der Waals surface area contributed by atoms with Crippen LogP contribution in [0.5, 0.6) is 5.75 Å². The van der Waals surface area contributed by atoms with Crippen molar-refractivity contribution in [3.8, 4) is 5.75 Å². The molecule has 2 heterocycles. The Hall–Kier alpha value is -5.28. The minimum absolute atomic E-state index is 0.0446. The fourth-order valence-corrected chi connectivity index (χ4v) is 4.44. The average molecular weight is 678 g/mol. The molecule has 0 radical (unpaired) electrons. The lowest BCUT2D eigenvalue weighted by molar-refractivity contribution is -0.123. The van der Waals surface area contributed by atoms with Gasteiger partial charge in [-0.25, -0.2) is 27.3 Å². The third kappa shape index (κ3) is 10.1. The number of halogens is 3. The molecule has 1 unspecified atom stereocenters. The van der Waals surface area contributed by atoms with E-state index in [1.807, 2.05) is 0 Å². The van der Waals surface area contributed by atoms with Crippen LogP contribution in [0.3, 0.4) is 0 Å². The Balaban J connectivity index is 1.98. The number of pyridine rings is 1. The fourth-order valence-electron chi connectivity index (χ4n) is 4.44. The minimum atomic E-state index is -2.88. The van der Waals surface area contributed by atoms with E-state index in [4.69, 9.17) is 9.47 Å². The number of hydrogen-bond acceptors (Lipinski definition) is 8. The third-order valence-electron chi connectivity index (χ3n) is 6.57. The number of rotatable bonds is 12. The van der Waals surface area contributed by atoms with E-state index in [0.29, 0.717) is 0 Å². The molecule has 48 heavy (non-hydrogen) atoms. The summed E-state index contributed by atoms with van der Waals surface area (Å²) in [6.07, 6.45) is -0.190. The van der Waals surface area contributed by atoms with E-state index in [2.05, 4.69) is 15.4 Å². The van der Waals surface area contributed by atoms with Gasteiger partial charge in [-0.3, -0.25) is 14.4 Å². The summed E-state index contributed by atoms with van der Waals surface area (Å²) in [6, 6.07) is 4.96. The summed E-state index contributed by atoms with van der Waals surface area (Å²) in [5, 5.41) is 5.01. The summed E-state index contributed by atoms with van der Waals surface area (Å²) < 4.78 is 58.0. The van der Waals surface area contributed by atoms with Gasteiger partial charge in [-0.15, -0.1) is 0 Å². The first-order chi connectivity index (χ1) is 22.5. The monoisotopic (exact) mass is 677 g/mol. The predicted octanol–water partition coefficient (Wildman–Crippen LogP) is 4.51. The van der Waals surface area contributed by atoms with E-state index in [1.165, 1.54) is 41.4 Å². The third-order valence-corrected chi connectivity index (χ3v) is 6.57. The van der Waals surface area contributed by atoms with Gasteiger partial charge in [0.05, 0.1) is 19.3 Å². The lowest BCUT2D eigenvalue weighted by Crippen LogP contribution is -2.44. The van der Waals surface area contributed by atoms with Crippen molar-refractivity contribution in [1.29, 1.82) is 0 Å². The van der Waals surface area contributed by atoms with Gasteiger partial charge < -0.3 is 34.3 Å². The normalized spacial score (nSPS) is 12.2. The van der Waals surface area contributed by atoms with Crippen LogP contribution in [0.2, 0.25) is 0 Å². The number of nitrogens with one attached hydrogen (secondary N) is 2. The lowest BCUT2D eigenvalue weighted by Gasteiger charge is -2.22. The zero-order valence-electron chi connectivity index (χ0n) is 27.3. The smallest absolute Gasteiger partial charge is 0.419 e. The Labute approximate surface area is 274 Å². The minimum Gasteiger partial charge on any atom is -0.485 e. The van der Waals surface area contributed by atoms with E-state index in [-0.39, 0.29) is 53.3 Å². The van der Waals surface area contributed by atoms with Gasteiger partial charge in [0.25, 0.3) is 12.0 Å². The first-order valence-electron chi connectivity index (χ1n) is 14.7. The number of allylic oxidation sites excluding steroid dienone is 1. The van der Waals surface area contributed by atoms with Crippen LogP contribution in [0.15, 0.2) is 53.5 Å². The number of benzene rings is 1. The summed E-state index contributed by atoms with van der Waals surface area (Å²) in [4.78, 5) is 65.2. The number of anilines is 1. The molecule has 16 heteroatoms. The number of amides is 3. The van der Waals surface area contributed by atoms with Gasteiger partial charge in [0.1, 0.15) is 41.0 Å². The first-order valence-corrected chi connectivity index (χ1v) is 14.7. The maximum Gasteiger partial charge on any atom is 0.419 e. The van der Waals surface area contributed by atoms with Crippen LogP contribution >= 0.6 is 0 Å². The molecule has 2 N–H and O–H groups in total. The molecule has 0 aliphatic rings. The summed E-state index contributed by atoms with van der Waals surface area (Å²) in [5.74, 6) is -2.16. The number of fused-ring (bicyclic) bond motifs is 1. The average Bonchev–Trinajstić information content (AvgIpc) is 3.35. The Morgan fingerprint density at radius 2 is 1.81 bits per heavy atom. The number of hydrogen-bond donors (Lipinski definition) is 2. The quantitative estimate of drug-likeness (QED) is 0.266. The number of ether oxygens (including phenoxy) is 3. The van der Waals surface area contributed by atoms with Gasteiger partial charge in [0, 0.05) is 31.7 Å². The second-order valence-electron chi connectivity index (χ2n) is 11.7. The van der Waals surface area contributed by atoms with E-state index in [1.54, 1.807) is 34.9 Å². The molecule has 3 aromatic rings. The van der Waals surface area contributed by atoms with Crippen LogP contribution in [0.4, 0.5) is 28.4 Å². The Morgan fingerprint density at radius 3 is 2.44 bits per heavy atom. The summed E-state index contributed by atoms with van der Waals surface area (Å²) >= 11 is 0. The molecule has 0 aliphatic carbocycles. The van der Waals surface area contributed by atoms with Gasteiger partial charge in [0.2, 0.25) is 11.8 Å². The van der Waals surface area contributed by atoms with Gasteiger partial charge >= 0.3 is 12.2 Å². The van der Waals surface area contributed by atoms with Crippen molar-refractivity contribution in [2.45, 2.75) is 58.2 Å². The van der Waals surface area contributed by atoms with Crippen molar-refractivity contribution in [2.75, 3.05) is 33.1 Å². The highest BCUT2D eigenvalue weighted by Crippen LogP contribution is 2.32. The molecule has 0 saturated carbocycles. The molecule has 3 rings (SSSR count). The summed E-state index contributed by atoms with van der Waals surface area (Å²) in [7, 11) is 4.27. The van der Waals surface area contributed by atoms with E-state index in [9.17, 15) is 37.1 Å². The molecular weight excluding hydrogens is 639 g/mol. The van der Waals surface area contributed by atoms with Crippen LogP contribution in [0.1, 0.15) is 39.3 Å². The number of alkyl carbamates (subject to hydrolysis) is 1. The molecule has 1 aromatic carbocycles. The van der Waals surface area contributed by atoms with Gasteiger partial charge in [0.15, 0.2) is 0 Å². The number of methoxy groups -OCH3 is 1. The number of aromatic nitrogens is 2. The predicted molar refractivity (Wildman–Crippen MR) is 170 cm³/mol. The molecule has 2 aromatic heterocycles. The molecule has 0 spiro atoms. The van der Waals surface area contributed by atoms with Crippen LogP contribution < -0.4 is 20.9 Å². The molecule has 13 nitrogen and oxygen atoms in total. The van der Waals surface area contributed by atoms with Crippen LogP contribution in [-0.2, 0) is 25.6 Å². The summed E-state index contributed by atoms with van der Waals surface area (Å²) in [5.41, 5.74) is -1.80. The van der Waals surface area contributed by atoms with E-state index < -0.39 is 54.1 Å². The zero-order valence-corrected chi connectivity index (χ0v) is 27.3. The summed E-state index contributed by atoms with van der Waals surface area (Å²) in [6.45, 7) is 3.47. The van der Waals surface area contributed by atoms with Gasteiger partial charge in [-0.05, 0) is 64.0 Å². The highest BCUT2D eigenvalue weighted by atomic mass is 19.3. The Bertz CT molecular complexity index is 1740. The molecular formula is C32H38F3N5O8.